The maximum absolute atomic E-state index is 12.7. The molecule has 1 aliphatic heterocycles. The van der Waals surface area contributed by atoms with Gasteiger partial charge in [-0.05, 0) is 30.7 Å². The van der Waals surface area contributed by atoms with E-state index in [4.69, 9.17) is 9.26 Å². The zero-order valence-electron chi connectivity index (χ0n) is 16.4. The van der Waals surface area contributed by atoms with Crippen LogP contribution in [0.4, 0.5) is 13.2 Å². The Morgan fingerprint density at radius 2 is 1.77 bits per heavy atom. The summed E-state index contributed by atoms with van der Waals surface area (Å²) in [5.41, 5.74) is 3.33. The zero-order chi connectivity index (χ0) is 21.6. The monoisotopic (exact) mass is 426 g/mol. The van der Waals surface area contributed by atoms with Crippen LogP contribution < -0.4 is 0 Å². The van der Waals surface area contributed by atoms with Crippen molar-refractivity contribution in [2.45, 2.75) is 32.4 Å². The number of hydrogen-bond acceptors (Lipinski definition) is 5. The molecule has 0 N–H and O–H groups in total. The Morgan fingerprint density at radius 1 is 1.03 bits per heavy atom. The van der Waals surface area contributed by atoms with E-state index >= 15 is 0 Å². The van der Waals surface area contributed by atoms with E-state index in [1.165, 1.54) is 17.7 Å². The molecule has 0 spiro atoms. The standard InChI is InChI=1S/C22H17F3N4O2/c1-13-2-4-14(5-3-13)19-11-29-17(12-30-19)10-18(27-29)21-26-20(28-31-21)15-6-8-16(9-7-15)22(23,24)25/h2-10,19H,11-12H2,1H3/t19-/m0/s1. The summed E-state index contributed by atoms with van der Waals surface area (Å²) in [7, 11) is 0. The minimum atomic E-state index is -4.39. The smallest absolute Gasteiger partial charge is 0.365 e. The molecule has 9 heteroatoms. The largest absolute Gasteiger partial charge is 0.416 e. The molecule has 158 valence electrons. The van der Waals surface area contributed by atoms with E-state index in [2.05, 4.69) is 15.2 Å². The number of benzene rings is 2. The van der Waals surface area contributed by atoms with Crippen LogP contribution >= 0.6 is 0 Å². The molecular weight excluding hydrogens is 409 g/mol. The van der Waals surface area contributed by atoms with E-state index in [1.807, 2.05) is 41.9 Å². The number of nitrogens with zero attached hydrogens (tertiary/aromatic N) is 4. The second-order valence-corrected chi connectivity index (χ2v) is 7.41. The molecule has 3 heterocycles. The molecule has 0 amide bonds. The number of hydrogen-bond donors (Lipinski definition) is 0. The average molecular weight is 426 g/mol. The summed E-state index contributed by atoms with van der Waals surface area (Å²) in [5, 5.41) is 8.44. The van der Waals surface area contributed by atoms with E-state index in [0.717, 1.165) is 23.4 Å². The van der Waals surface area contributed by atoms with Gasteiger partial charge >= 0.3 is 6.18 Å². The molecule has 6 nitrogen and oxygen atoms in total. The lowest BCUT2D eigenvalue weighted by molar-refractivity contribution is -0.137. The van der Waals surface area contributed by atoms with Gasteiger partial charge in [0, 0.05) is 5.56 Å². The Morgan fingerprint density at radius 3 is 2.48 bits per heavy atom. The molecule has 0 fully saturated rings. The fourth-order valence-electron chi connectivity index (χ4n) is 3.47. The van der Waals surface area contributed by atoms with Crippen molar-refractivity contribution in [2.24, 2.45) is 0 Å². The lowest BCUT2D eigenvalue weighted by atomic mass is 10.1. The third kappa shape index (κ3) is 3.84. The topological polar surface area (TPSA) is 66.0 Å². The lowest BCUT2D eigenvalue weighted by Crippen LogP contribution is -2.21. The van der Waals surface area contributed by atoms with Crippen LogP contribution in [0.15, 0.2) is 59.1 Å². The number of ether oxygens (including phenoxy) is 1. The molecule has 4 aromatic rings. The van der Waals surface area contributed by atoms with Gasteiger partial charge in [-0.3, -0.25) is 4.68 Å². The van der Waals surface area contributed by atoms with Crippen LogP contribution in [0.5, 0.6) is 0 Å². The van der Waals surface area contributed by atoms with Gasteiger partial charge in [0.15, 0.2) is 5.69 Å². The summed E-state index contributed by atoms with van der Waals surface area (Å²) in [6.45, 7) is 2.98. The predicted octanol–water partition coefficient (Wildman–Crippen LogP) is 5.20. The molecule has 0 saturated carbocycles. The van der Waals surface area contributed by atoms with Crippen LogP contribution in [-0.4, -0.2) is 19.9 Å². The van der Waals surface area contributed by atoms with Gasteiger partial charge in [-0.15, -0.1) is 0 Å². The Bertz CT molecular complexity index is 1210. The van der Waals surface area contributed by atoms with Crippen LogP contribution in [0.3, 0.4) is 0 Å². The number of halogens is 3. The normalized spacial score (nSPS) is 16.3. The summed E-state index contributed by atoms with van der Waals surface area (Å²) in [5.74, 6) is 0.396. The maximum Gasteiger partial charge on any atom is 0.416 e. The first-order valence-electron chi connectivity index (χ1n) is 9.63. The van der Waals surface area contributed by atoms with E-state index in [1.54, 1.807) is 0 Å². The van der Waals surface area contributed by atoms with Crippen molar-refractivity contribution >= 4 is 0 Å². The third-order valence-electron chi connectivity index (χ3n) is 5.20. The van der Waals surface area contributed by atoms with Gasteiger partial charge in [-0.2, -0.15) is 23.3 Å². The first-order valence-corrected chi connectivity index (χ1v) is 9.63. The summed E-state index contributed by atoms with van der Waals surface area (Å²) in [6, 6.07) is 14.6. The molecule has 0 radical (unpaired) electrons. The molecule has 1 atom stereocenters. The second kappa shape index (κ2) is 7.35. The molecule has 0 unspecified atom stereocenters. The van der Waals surface area contributed by atoms with Crippen LogP contribution in [-0.2, 0) is 24.1 Å². The Kier molecular flexibility index (Phi) is 4.62. The van der Waals surface area contributed by atoms with Crippen molar-refractivity contribution in [3.05, 3.63) is 77.0 Å². The van der Waals surface area contributed by atoms with Crippen LogP contribution in [0.2, 0.25) is 0 Å². The molecule has 0 bridgehead atoms. The van der Waals surface area contributed by atoms with E-state index < -0.39 is 11.7 Å². The minimum absolute atomic E-state index is 0.105. The van der Waals surface area contributed by atoms with Gasteiger partial charge in [0.2, 0.25) is 5.82 Å². The van der Waals surface area contributed by atoms with Gasteiger partial charge in [-0.1, -0.05) is 47.1 Å². The summed E-state index contributed by atoms with van der Waals surface area (Å²) in [4.78, 5) is 4.30. The maximum atomic E-state index is 12.7. The number of alkyl halides is 3. The minimum Gasteiger partial charge on any atom is -0.365 e. The van der Waals surface area contributed by atoms with Crippen molar-refractivity contribution in [3.63, 3.8) is 0 Å². The Hall–Kier alpha value is -3.46. The fraction of sp³-hybridized carbons (Fsp3) is 0.227. The molecule has 2 aromatic heterocycles. The highest BCUT2D eigenvalue weighted by atomic mass is 19.4. The third-order valence-corrected chi connectivity index (χ3v) is 5.20. The Balaban J connectivity index is 1.36. The highest BCUT2D eigenvalue weighted by Crippen LogP contribution is 2.32. The number of rotatable bonds is 3. The van der Waals surface area contributed by atoms with Gasteiger partial charge in [0.25, 0.3) is 5.89 Å². The second-order valence-electron chi connectivity index (χ2n) is 7.41. The number of aromatic nitrogens is 4. The zero-order valence-corrected chi connectivity index (χ0v) is 16.4. The van der Waals surface area contributed by atoms with Gasteiger partial charge in [0.1, 0.15) is 6.10 Å². The molecule has 0 saturated heterocycles. The van der Waals surface area contributed by atoms with Crippen molar-refractivity contribution in [2.75, 3.05) is 0 Å². The van der Waals surface area contributed by atoms with Crippen molar-refractivity contribution in [3.8, 4) is 23.0 Å². The SMILES string of the molecule is Cc1ccc([C@@H]2Cn3nc(-c4nc(-c5ccc(C(F)(F)F)cc5)no4)cc3CO2)cc1. The van der Waals surface area contributed by atoms with Crippen molar-refractivity contribution in [1.29, 1.82) is 0 Å². The molecule has 1 aliphatic rings. The first kappa shape index (κ1) is 19.5. The van der Waals surface area contributed by atoms with Gasteiger partial charge < -0.3 is 9.26 Å². The molecular formula is C22H17F3N4O2. The molecule has 5 rings (SSSR count). The van der Waals surface area contributed by atoms with Crippen LogP contribution in [0.25, 0.3) is 23.0 Å². The summed E-state index contributed by atoms with van der Waals surface area (Å²) < 4.78 is 51.4. The number of aryl methyl sites for hydroxylation is 1. The first-order chi connectivity index (χ1) is 14.9. The van der Waals surface area contributed by atoms with Crippen LogP contribution in [0, 0.1) is 6.92 Å². The van der Waals surface area contributed by atoms with Gasteiger partial charge in [-0.25, -0.2) is 0 Å². The number of fused-ring (bicyclic) bond motifs is 1. The van der Waals surface area contributed by atoms with E-state index in [-0.39, 0.29) is 17.8 Å². The summed E-state index contributed by atoms with van der Waals surface area (Å²) >= 11 is 0. The van der Waals surface area contributed by atoms with Crippen LogP contribution in [0.1, 0.15) is 28.5 Å². The molecule has 0 aliphatic carbocycles. The quantitative estimate of drug-likeness (QED) is 0.451. The highest BCUT2D eigenvalue weighted by molar-refractivity contribution is 5.58. The van der Waals surface area contributed by atoms with E-state index in [9.17, 15) is 13.2 Å². The molecule has 31 heavy (non-hydrogen) atoms. The van der Waals surface area contributed by atoms with E-state index in [0.29, 0.717) is 24.4 Å². The van der Waals surface area contributed by atoms with Crippen molar-refractivity contribution in [1.82, 2.24) is 19.9 Å². The van der Waals surface area contributed by atoms with Crippen molar-refractivity contribution < 1.29 is 22.4 Å². The Labute approximate surface area is 175 Å². The fourth-order valence-corrected chi connectivity index (χ4v) is 3.47. The lowest BCUT2D eigenvalue weighted by Gasteiger charge is -2.24. The molecule has 2 aromatic carbocycles. The summed E-state index contributed by atoms with van der Waals surface area (Å²) in [6.07, 6.45) is -4.50. The average Bonchev–Trinajstić information content (AvgIpc) is 3.40. The van der Waals surface area contributed by atoms with Gasteiger partial charge in [0.05, 0.1) is 24.4 Å². The highest BCUT2D eigenvalue weighted by Gasteiger charge is 2.30. The predicted molar refractivity (Wildman–Crippen MR) is 105 cm³/mol.